The second kappa shape index (κ2) is 4.08. The molecule has 1 atom stereocenters. The van der Waals surface area contributed by atoms with Crippen LogP contribution in [0, 0.1) is 0 Å². The number of carbonyl (C=O) groups excluding carboxylic acids is 2. The summed E-state index contributed by atoms with van der Waals surface area (Å²) in [6.45, 7) is 1.97. The standard InChI is InChI=1S/C13H12N2O4/c1-2-18-11(16)10-7-13(19-15-10)8-5-3-4-6-9(8)14-12(13)17/h3-6H,2,7H2,1H3,(H,14,17)/t13-/m1/s1. The maximum absolute atomic E-state index is 12.1. The number of anilines is 1. The molecule has 6 nitrogen and oxygen atoms in total. The minimum absolute atomic E-state index is 0.0919. The molecule has 0 bridgehead atoms. The highest BCUT2D eigenvalue weighted by molar-refractivity contribution is 6.37. The molecule has 0 fully saturated rings. The molecule has 0 aromatic heterocycles. The monoisotopic (exact) mass is 260 g/mol. The van der Waals surface area contributed by atoms with E-state index in [-0.39, 0.29) is 24.6 Å². The zero-order valence-corrected chi connectivity index (χ0v) is 10.3. The maximum Gasteiger partial charge on any atom is 0.356 e. The molecule has 0 saturated heterocycles. The van der Waals surface area contributed by atoms with Crippen LogP contribution in [-0.4, -0.2) is 24.2 Å². The van der Waals surface area contributed by atoms with Gasteiger partial charge < -0.3 is 14.9 Å². The Kier molecular flexibility index (Phi) is 2.51. The summed E-state index contributed by atoms with van der Waals surface area (Å²) in [5.41, 5.74) is 0.295. The van der Waals surface area contributed by atoms with Gasteiger partial charge in [-0.1, -0.05) is 23.4 Å². The third-order valence-corrected chi connectivity index (χ3v) is 3.22. The smallest absolute Gasteiger partial charge is 0.356 e. The summed E-state index contributed by atoms with van der Waals surface area (Å²) in [4.78, 5) is 29.1. The molecule has 1 aromatic carbocycles. The van der Waals surface area contributed by atoms with Gasteiger partial charge in [-0.2, -0.15) is 0 Å². The molecular weight excluding hydrogens is 248 g/mol. The molecule has 19 heavy (non-hydrogen) atoms. The zero-order valence-electron chi connectivity index (χ0n) is 10.3. The largest absolute Gasteiger partial charge is 0.461 e. The Labute approximate surface area is 109 Å². The van der Waals surface area contributed by atoms with Gasteiger partial charge in [0.2, 0.25) is 5.60 Å². The maximum atomic E-state index is 12.1. The van der Waals surface area contributed by atoms with Gasteiger partial charge in [0, 0.05) is 11.3 Å². The van der Waals surface area contributed by atoms with Crippen molar-refractivity contribution in [2.75, 3.05) is 11.9 Å². The number of carbonyl (C=O) groups is 2. The van der Waals surface area contributed by atoms with Crippen molar-refractivity contribution in [3.8, 4) is 0 Å². The van der Waals surface area contributed by atoms with Crippen molar-refractivity contribution >= 4 is 23.3 Å². The average Bonchev–Trinajstić information content (AvgIpc) is 2.96. The van der Waals surface area contributed by atoms with Crippen LogP contribution in [0.1, 0.15) is 18.9 Å². The number of para-hydroxylation sites is 1. The van der Waals surface area contributed by atoms with E-state index in [1.54, 1.807) is 19.1 Å². The van der Waals surface area contributed by atoms with Gasteiger partial charge in [0.05, 0.1) is 13.0 Å². The molecule has 2 aliphatic rings. The van der Waals surface area contributed by atoms with E-state index in [9.17, 15) is 9.59 Å². The van der Waals surface area contributed by atoms with Crippen LogP contribution < -0.4 is 5.32 Å². The third-order valence-electron chi connectivity index (χ3n) is 3.22. The van der Waals surface area contributed by atoms with Crippen molar-refractivity contribution < 1.29 is 19.2 Å². The van der Waals surface area contributed by atoms with Crippen LogP contribution in [0.3, 0.4) is 0 Å². The molecule has 6 heteroatoms. The molecule has 2 aliphatic heterocycles. The van der Waals surface area contributed by atoms with Crippen molar-refractivity contribution in [1.82, 2.24) is 0 Å². The van der Waals surface area contributed by atoms with Crippen molar-refractivity contribution in [2.24, 2.45) is 5.16 Å². The number of rotatable bonds is 2. The predicted molar refractivity (Wildman–Crippen MR) is 66.5 cm³/mol. The lowest BCUT2D eigenvalue weighted by Crippen LogP contribution is -2.35. The Bertz CT molecular complexity index is 596. The lowest BCUT2D eigenvalue weighted by Gasteiger charge is -2.18. The normalized spacial score (nSPS) is 23.6. The van der Waals surface area contributed by atoms with Gasteiger partial charge in [-0.3, -0.25) is 4.79 Å². The topological polar surface area (TPSA) is 77.0 Å². The van der Waals surface area contributed by atoms with Gasteiger partial charge in [0.15, 0.2) is 5.71 Å². The van der Waals surface area contributed by atoms with E-state index in [1.807, 2.05) is 12.1 Å². The molecular formula is C13H12N2O4. The van der Waals surface area contributed by atoms with Crippen molar-refractivity contribution in [3.63, 3.8) is 0 Å². The zero-order chi connectivity index (χ0) is 13.5. The number of nitrogens with zero attached hydrogens (tertiary/aromatic N) is 1. The molecule has 2 heterocycles. The van der Waals surface area contributed by atoms with Gasteiger partial charge >= 0.3 is 5.97 Å². The van der Waals surface area contributed by atoms with E-state index in [0.717, 1.165) is 0 Å². The third kappa shape index (κ3) is 1.60. The first kappa shape index (κ1) is 11.7. The summed E-state index contributed by atoms with van der Waals surface area (Å²) in [6.07, 6.45) is 0.0919. The highest BCUT2D eigenvalue weighted by atomic mass is 16.7. The minimum Gasteiger partial charge on any atom is -0.461 e. The summed E-state index contributed by atoms with van der Waals surface area (Å²) in [6, 6.07) is 7.21. The van der Waals surface area contributed by atoms with E-state index in [2.05, 4.69) is 10.5 Å². The number of oxime groups is 1. The van der Waals surface area contributed by atoms with Crippen LogP contribution in [0.2, 0.25) is 0 Å². The molecule has 1 amide bonds. The summed E-state index contributed by atoms with van der Waals surface area (Å²) in [5, 5.41) is 6.45. The highest BCUT2D eigenvalue weighted by Crippen LogP contribution is 2.44. The second-order valence-corrected chi connectivity index (χ2v) is 4.35. The number of hydrogen-bond donors (Lipinski definition) is 1. The van der Waals surface area contributed by atoms with Crippen molar-refractivity contribution in [1.29, 1.82) is 0 Å². The molecule has 1 N–H and O–H groups in total. The number of hydrogen-bond acceptors (Lipinski definition) is 5. The average molecular weight is 260 g/mol. The number of nitrogens with one attached hydrogen (secondary N) is 1. The van der Waals surface area contributed by atoms with E-state index in [1.165, 1.54) is 0 Å². The first-order valence-electron chi connectivity index (χ1n) is 6.00. The molecule has 98 valence electrons. The van der Waals surface area contributed by atoms with Crippen LogP contribution in [0.25, 0.3) is 0 Å². The van der Waals surface area contributed by atoms with Gasteiger partial charge in [-0.05, 0) is 13.0 Å². The quantitative estimate of drug-likeness (QED) is 0.810. The van der Waals surface area contributed by atoms with E-state index in [4.69, 9.17) is 9.57 Å². The van der Waals surface area contributed by atoms with Crippen LogP contribution >= 0.6 is 0 Å². The fourth-order valence-corrected chi connectivity index (χ4v) is 2.31. The summed E-state index contributed by atoms with van der Waals surface area (Å²) < 4.78 is 4.87. The highest BCUT2D eigenvalue weighted by Gasteiger charge is 2.54. The second-order valence-electron chi connectivity index (χ2n) is 4.35. The molecule has 0 aliphatic carbocycles. The van der Waals surface area contributed by atoms with Crippen LogP contribution in [0.5, 0.6) is 0 Å². The van der Waals surface area contributed by atoms with E-state index in [0.29, 0.717) is 11.3 Å². The van der Waals surface area contributed by atoms with Crippen molar-refractivity contribution in [3.05, 3.63) is 29.8 Å². The molecule has 0 radical (unpaired) electrons. The van der Waals surface area contributed by atoms with Gasteiger partial charge in [0.1, 0.15) is 0 Å². The number of fused-ring (bicyclic) bond motifs is 2. The first-order valence-corrected chi connectivity index (χ1v) is 6.00. The molecule has 1 spiro atoms. The molecule has 3 rings (SSSR count). The summed E-state index contributed by atoms with van der Waals surface area (Å²) in [5.74, 6) is -0.853. The van der Waals surface area contributed by atoms with Crippen molar-refractivity contribution in [2.45, 2.75) is 18.9 Å². The number of benzene rings is 1. The number of amides is 1. The molecule has 1 aromatic rings. The molecule has 0 unspecified atom stereocenters. The fraction of sp³-hybridized carbons (Fsp3) is 0.308. The Morgan fingerprint density at radius 3 is 3.11 bits per heavy atom. The Balaban J connectivity index is 1.92. The Morgan fingerprint density at radius 2 is 2.32 bits per heavy atom. The minimum atomic E-state index is -1.22. The van der Waals surface area contributed by atoms with Gasteiger partial charge in [-0.15, -0.1) is 0 Å². The van der Waals surface area contributed by atoms with Crippen LogP contribution in [-0.2, 0) is 24.8 Å². The SMILES string of the molecule is CCOC(=O)C1=NO[C@@]2(C1)C(=O)Nc1ccccc12. The summed E-state index contributed by atoms with van der Waals surface area (Å²) >= 11 is 0. The van der Waals surface area contributed by atoms with Gasteiger partial charge in [-0.25, -0.2) is 4.79 Å². The van der Waals surface area contributed by atoms with Crippen LogP contribution in [0.15, 0.2) is 29.4 Å². The summed E-state index contributed by atoms with van der Waals surface area (Å²) in [7, 11) is 0. The Morgan fingerprint density at radius 1 is 1.53 bits per heavy atom. The lowest BCUT2D eigenvalue weighted by atomic mass is 9.90. The van der Waals surface area contributed by atoms with Crippen LogP contribution in [0.4, 0.5) is 5.69 Å². The van der Waals surface area contributed by atoms with E-state index >= 15 is 0 Å². The predicted octanol–water partition coefficient (Wildman–Crippen LogP) is 1.17. The van der Waals surface area contributed by atoms with E-state index < -0.39 is 11.6 Å². The Hall–Kier alpha value is -2.37. The molecule has 0 saturated carbocycles. The number of ether oxygens (including phenoxy) is 1. The van der Waals surface area contributed by atoms with Gasteiger partial charge in [0.25, 0.3) is 5.91 Å². The lowest BCUT2D eigenvalue weighted by molar-refractivity contribution is -0.137. The number of esters is 1. The fourth-order valence-electron chi connectivity index (χ4n) is 2.31. The first-order chi connectivity index (χ1) is 9.17.